The summed E-state index contributed by atoms with van der Waals surface area (Å²) in [5.74, 6) is 4.17. The Kier molecular flexibility index (Phi) is 23.7. The summed E-state index contributed by atoms with van der Waals surface area (Å²) in [4.78, 5) is 77.4. The maximum absolute atomic E-state index is 13.3. The number of aromatic nitrogens is 14. The first kappa shape index (κ1) is 90.9. The fourth-order valence-corrected chi connectivity index (χ4v) is 26.4. The van der Waals surface area contributed by atoms with Crippen molar-refractivity contribution >= 4 is 45.7 Å². The summed E-state index contributed by atoms with van der Waals surface area (Å²) < 4.78 is 4.97. The van der Waals surface area contributed by atoms with Crippen molar-refractivity contribution in [1.29, 1.82) is 0 Å². The fraction of sp³-hybridized carbons (Fsp3) is 0.518. The molecule has 10 aromatic rings. The Morgan fingerprint density at radius 3 is 1.14 bits per heavy atom. The Labute approximate surface area is 782 Å². The molecular formula is C112H134N14O7. The molecule has 0 saturated heterocycles. The fourth-order valence-electron chi connectivity index (χ4n) is 26.4. The van der Waals surface area contributed by atoms with E-state index in [0.29, 0.717) is 90.2 Å². The summed E-state index contributed by atoms with van der Waals surface area (Å²) in [7, 11) is 0. The summed E-state index contributed by atoms with van der Waals surface area (Å²) in [5.41, 5.74) is 42.7. The second kappa shape index (κ2) is 34.6. The highest BCUT2D eigenvalue weighted by Gasteiger charge is 2.51. The van der Waals surface area contributed by atoms with Gasteiger partial charge in [-0.05, 0) is 210 Å². The Morgan fingerprint density at radius 2 is 0.677 bits per heavy atom. The van der Waals surface area contributed by atoms with Crippen LogP contribution in [0, 0.1) is 94.3 Å². The molecule has 0 aliphatic heterocycles. The second-order valence-electron chi connectivity index (χ2n) is 45.6. The lowest BCUT2D eigenvalue weighted by Gasteiger charge is -2.41. The second-order valence-corrected chi connectivity index (χ2v) is 45.6. The van der Waals surface area contributed by atoms with Crippen molar-refractivity contribution in [2.24, 2.45) is 38.9 Å². The molecule has 133 heavy (non-hydrogen) atoms. The van der Waals surface area contributed by atoms with Crippen LogP contribution in [0.25, 0.3) is 11.0 Å². The zero-order valence-corrected chi connectivity index (χ0v) is 81.8. The van der Waals surface area contributed by atoms with Gasteiger partial charge in [0.2, 0.25) is 0 Å². The van der Waals surface area contributed by atoms with Gasteiger partial charge in [-0.15, -0.1) is 0 Å². The number of aromatic amines is 6. The predicted octanol–water partition coefficient (Wildman–Crippen LogP) is 22.9. The van der Waals surface area contributed by atoms with Crippen LogP contribution in [0.3, 0.4) is 0 Å². The summed E-state index contributed by atoms with van der Waals surface area (Å²) >= 11 is 0. The van der Waals surface area contributed by atoms with E-state index in [1.807, 2.05) is 32.0 Å². The molecule has 7 aromatic heterocycles. The number of aryl methyl sites for hydroxylation is 8. The first-order valence-electron chi connectivity index (χ1n) is 49.4. The van der Waals surface area contributed by atoms with Gasteiger partial charge in [0.05, 0.1) is 34.2 Å². The normalized spacial score (nSPS) is 24.3. The summed E-state index contributed by atoms with van der Waals surface area (Å²) in [6, 6.07) is 22.7. The molecule has 6 N–H and O–H groups in total. The third-order valence-electron chi connectivity index (χ3n) is 32.3. The number of carbonyl (C=O) groups excluding carboxylic acids is 6. The number of fused-ring (bicyclic) bond motifs is 7. The molecular weight excluding hydrogens is 1650 g/mol. The van der Waals surface area contributed by atoms with E-state index in [4.69, 9.17) is 4.63 Å². The van der Waals surface area contributed by atoms with Gasteiger partial charge < -0.3 is 0 Å². The maximum atomic E-state index is 13.3. The molecule has 694 valence electrons. The number of nitrogens with one attached hydrogen (secondary N) is 6. The number of ketones is 6. The minimum Gasteiger partial charge on any atom is -0.295 e. The maximum Gasteiger partial charge on any atom is 0.165 e. The molecule has 6 atom stereocenters. The number of allylic oxidation sites excluding steroid dienone is 12. The number of carbonyl (C=O) groups is 6. The molecule has 2 fully saturated rings. The highest BCUT2D eigenvalue weighted by molar-refractivity contribution is 6.05. The standard InChI is InChI=1S/C21H24N2O.C20H20N4O2.C20H28N2O.C19H20N2O.C17H22N2O.C15H20N2O/c1-12-7-5-6-8-15(12)19-17-13(2)22-23-16(17)11-14-9-10-21(3,4)20(24)18(14)19;1-10-16-14(22-21-10)7-11-8-20(2,3)9-15(25)17(11)18(16)12-5-4-6-13-19(12)24-26-23-13;1-12-17-15(22-21-12)9-14-10-20(2,3)11-16(23)18(14)19(17)13-7-5-4-6-8-13;1-11-6-3-4-8-14(11)19-17-12(2)20-21-15(17)10-13-7-5-9-16(22)18(13)19;1-9-14-12(19-18-9)6-11-7-17(2,3)8-13(20)15(11)16(14)10-4-5-10;1-8-13-9(2)16-17-11(13)5-10-6-15(3,4)7-12(18)14(8)10/h5-8,19H,9-11H2,1-4H3,(H,22,23);4-6,18H,7-9H2,1-3H3,(H,21,22);13,19H,4-11H2,1-3H3,(H,21,22);3-4,6,8,19H,5,7,9-10H2,1-2H3,(H,20,21);10,16H,4-8H2,1-3H3,(H,18,19);8H,5-7H2,1-4H3,(H,16,17). The van der Waals surface area contributed by atoms with Gasteiger partial charge in [0, 0.05) is 213 Å². The lowest BCUT2D eigenvalue weighted by Crippen LogP contribution is -2.35. The smallest absolute Gasteiger partial charge is 0.165 e. The van der Waals surface area contributed by atoms with E-state index in [9.17, 15) is 28.8 Å². The van der Waals surface area contributed by atoms with E-state index >= 15 is 0 Å². The van der Waals surface area contributed by atoms with Crippen LogP contribution in [0.15, 0.2) is 138 Å². The number of nitrogens with zero attached hydrogens (tertiary/aromatic N) is 8. The van der Waals surface area contributed by atoms with Crippen molar-refractivity contribution in [2.45, 2.75) is 334 Å². The van der Waals surface area contributed by atoms with Crippen LogP contribution in [0.1, 0.15) is 370 Å². The van der Waals surface area contributed by atoms with Crippen LogP contribution >= 0.6 is 0 Å². The number of benzene rings is 3. The quantitative estimate of drug-likeness (QED) is 0.0933. The molecule has 21 nitrogen and oxygen atoms in total. The predicted molar refractivity (Wildman–Crippen MR) is 516 cm³/mol. The number of H-pyrrole nitrogens is 6. The zero-order chi connectivity index (χ0) is 93.7. The number of Topliss-reactive ketones (excluding diaryl/α,β-unsaturated/α-hetero) is 6. The van der Waals surface area contributed by atoms with Crippen molar-refractivity contribution in [2.75, 3.05) is 0 Å². The van der Waals surface area contributed by atoms with Crippen LogP contribution in [0.5, 0.6) is 0 Å². The van der Waals surface area contributed by atoms with Gasteiger partial charge in [0.15, 0.2) is 34.7 Å². The minimum atomic E-state index is -0.269. The monoisotopic (exact) mass is 1790 g/mol. The Morgan fingerprint density at radius 1 is 0.323 bits per heavy atom. The van der Waals surface area contributed by atoms with Crippen LogP contribution in [0.4, 0.5) is 0 Å². The van der Waals surface area contributed by atoms with Crippen LogP contribution < -0.4 is 0 Å². The molecule has 14 aliphatic rings. The molecule has 0 radical (unpaired) electrons. The third-order valence-corrected chi connectivity index (χ3v) is 32.3. The van der Waals surface area contributed by atoms with Crippen molar-refractivity contribution < 1.29 is 33.4 Å². The van der Waals surface area contributed by atoms with Gasteiger partial charge in [-0.3, -0.25) is 59.4 Å². The highest BCUT2D eigenvalue weighted by atomic mass is 16.6. The Balaban J connectivity index is 0.000000103. The van der Waals surface area contributed by atoms with Crippen molar-refractivity contribution in [3.8, 4) is 0 Å². The van der Waals surface area contributed by atoms with E-state index in [1.165, 1.54) is 162 Å². The zero-order valence-electron chi connectivity index (χ0n) is 81.8. The molecule has 24 rings (SSSR count). The summed E-state index contributed by atoms with van der Waals surface area (Å²) in [6.07, 6.45) is 25.5. The molecule has 6 unspecified atom stereocenters. The Hall–Kier alpha value is -11.2. The van der Waals surface area contributed by atoms with E-state index in [-0.39, 0.29) is 56.5 Å². The van der Waals surface area contributed by atoms with E-state index in [1.54, 1.807) is 0 Å². The molecule has 0 bridgehead atoms. The SMILES string of the molecule is Cc1[nH]nc2c1C(C)C1=C(C2)CC(C)(C)CC1=O.Cc1[nH]nc2c1C(C1CC1)C1=C(C2)CC(C)(C)CC1=O.Cc1[nH]nc2c1C(C1CCCCC1)C1=C(C2)CC(C)(C)CC1=O.Cc1[nH]nc2c1C(c1cccc3nonc13)C1=C(C2)CC(C)(C)CC1=O.Cc1ccccc1C1C2=C(CCC(C)(C)C2=O)Cc2n[nH]c(C)c21.Cc1ccccc1C1C2=C(CCCC2=O)Cc2n[nH]c(C)c21. The third kappa shape index (κ3) is 16.9. The van der Waals surface area contributed by atoms with Gasteiger partial charge in [-0.1, -0.05) is 190 Å². The lowest BCUT2D eigenvalue weighted by atomic mass is 9.62. The van der Waals surface area contributed by atoms with Crippen molar-refractivity contribution in [3.63, 3.8) is 0 Å². The molecule has 0 spiro atoms. The largest absolute Gasteiger partial charge is 0.295 e. The van der Waals surface area contributed by atoms with Crippen LogP contribution in [-0.4, -0.2) is 106 Å². The number of rotatable bonds is 5. The first-order chi connectivity index (χ1) is 63.3. The molecule has 2 saturated carbocycles. The lowest BCUT2D eigenvalue weighted by molar-refractivity contribution is -0.124. The Bertz CT molecular complexity index is 6640. The molecule has 3 aromatic carbocycles. The average Bonchev–Trinajstić information content (AvgIpc) is 1.65. The van der Waals surface area contributed by atoms with E-state index in [0.717, 1.165) is 174 Å². The van der Waals surface area contributed by atoms with Gasteiger partial charge in [0.25, 0.3) is 0 Å². The molecule has 0 amide bonds. The molecule has 21 heteroatoms. The average molecular weight is 1790 g/mol. The van der Waals surface area contributed by atoms with Crippen molar-refractivity contribution in [3.05, 3.63) is 263 Å². The van der Waals surface area contributed by atoms with Crippen LogP contribution in [0.2, 0.25) is 0 Å². The van der Waals surface area contributed by atoms with Crippen LogP contribution in [-0.2, 0) is 67.3 Å². The van der Waals surface area contributed by atoms with E-state index < -0.39 is 0 Å². The molecule has 7 heterocycles. The summed E-state index contributed by atoms with van der Waals surface area (Å²) in [6.45, 7) is 40.6. The van der Waals surface area contributed by atoms with Gasteiger partial charge in [-0.2, -0.15) is 30.6 Å². The topological polar surface area (TPSA) is 313 Å². The highest BCUT2D eigenvalue weighted by Crippen LogP contribution is 2.59. The number of hydrogen-bond acceptors (Lipinski definition) is 15. The van der Waals surface area contributed by atoms with Gasteiger partial charge >= 0.3 is 0 Å². The first-order valence-corrected chi connectivity index (χ1v) is 49.4. The summed E-state index contributed by atoms with van der Waals surface area (Å²) in [5, 5.41) is 54.0. The number of hydrogen-bond donors (Lipinski definition) is 6. The molecule has 14 aliphatic carbocycles. The minimum absolute atomic E-state index is 0.00915. The van der Waals surface area contributed by atoms with Gasteiger partial charge in [-0.25, -0.2) is 4.63 Å². The van der Waals surface area contributed by atoms with E-state index in [2.05, 4.69) is 238 Å². The van der Waals surface area contributed by atoms with Gasteiger partial charge in [0.1, 0.15) is 11.0 Å². The van der Waals surface area contributed by atoms with Crippen molar-refractivity contribution in [1.82, 2.24) is 71.5 Å².